The second-order valence-corrected chi connectivity index (χ2v) is 4.61. The number of benzene rings is 1. The highest BCUT2D eigenvalue weighted by Gasteiger charge is 2.09. The van der Waals surface area contributed by atoms with Crippen LogP contribution in [0.5, 0.6) is 5.75 Å². The van der Waals surface area contributed by atoms with Gasteiger partial charge in [-0.25, -0.2) is 4.79 Å². The Labute approximate surface area is 118 Å². The van der Waals surface area contributed by atoms with Crippen molar-refractivity contribution in [1.29, 1.82) is 0 Å². The van der Waals surface area contributed by atoms with E-state index < -0.39 is 6.09 Å². The highest BCUT2D eigenvalue weighted by Crippen LogP contribution is 2.17. The van der Waals surface area contributed by atoms with E-state index in [-0.39, 0.29) is 0 Å². The molecule has 0 atom stereocenters. The van der Waals surface area contributed by atoms with Crippen LogP contribution in [0.1, 0.15) is 6.42 Å². The normalized spacial score (nSPS) is 15.8. The minimum Gasteiger partial charge on any atom is -0.493 e. The summed E-state index contributed by atoms with van der Waals surface area (Å²) in [6.45, 7) is 5.20. The fraction of sp³-hybridized carbons (Fsp3) is 0.500. The molecule has 0 saturated carbocycles. The summed E-state index contributed by atoms with van der Waals surface area (Å²) in [5, 5.41) is 11.0. The second kappa shape index (κ2) is 7.72. The van der Waals surface area contributed by atoms with E-state index in [0.717, 1.165) is 39.3 Å². The molecule has 0 aliphatic carbocycles. The molecule has 1 fully saturated rings. The van der Waals surface area contributed by atoms with E-state index in [9.17, 15) is 4.79 Å². The standard InChI is InChI=1S/C14H20N2O4/c17-14(18)15-12-3-1-4-13(11-12)20-8-2-5-16-6-9-19-10-7-16/h1,3-4,11,15H,2,5-10H2,(H,17,18). The van der Waals surface area contributed by atoms with Gasteiger partial charge in [-0.15, -0.1) is 0 Å². The molecule has 1 aliphatic rings. The van der Waals surface area contributed by atoms with Crippen molar-refractivity contribution in [2.24, 2.45) is 0 Å². The van der Waals surface area contributed by atoms with Crippen LogP contribution in [0.15, 0.2) is 24.3 Å². The number of rotatable bonds is 6. The molecule has 1 aromatic rings. The van der Waals surface area contributed by atoms with Crippen LogP contribution in [0.2, 0.25) is 0 Å². The summed E-state index contributed by atoms with van der Waals surface area (Å²) < 4.78 is 10.9. The Morgan fingerprint density at radius 2 is 2.20 bits per heavy atom. The zero-order valence-corrected chi connectivity index (χ0v) is 11.4. The smallest absolute Gasteiger partial charge is 0.409 e. The molecule has 0 spiro atoms. The van der Waals surface area contributed by atoms with Crippen molar-refractivity contribution in [2.45, 2.75) is 6.42 Å². The van der Waals surface area contributed by atoms with E-state index in [1.807, 2.05) is 6.07 Å². The molecule has 1 amide bonds. The first-order valence-electron chi connectivity index (χ1n) is 6.77. The average molecular weight is 280 g/mol. The topological polar surface area (TPSA) is 71.0 Å². The van der Waals surface area contributed by atoms with Crippen molar-refractivity contribution >= 4 is 11.8 Å². The predicted octanol–water partition coefficient (Wildman–Crippen LogP) is 1.88. The van der Waals surface area contributed by atoms with Gasteiger partial charge in [0.25, 0.3) is 0 Å². The van der Waals surface area contributed by atoms with Crippen molar-refractivity contribution in [2.75, 3.05) is 44.8 Å². The predicted molar refractivity (Wildman–Crippen MR) is 75.5 cm³/mol. The molecule has 1 heterocycles. The van der Waals surface area contributed by atoms with Gasteiger partial charge in [0.1, 0.15) is 5.75 Å². The number of hydrogen-bond acceptors (Lipinski definition) is 4. The van der Waals surface area contributed by atoms with E-state index in [1.165, 1.54) is 0 Å². The van der Waals surface area contributed by atoms with E-state index in [4.69, 9.17) is 14.6 Å². The molecular formula is C14H20N2O4. The van der Waals surface area contributed by atoms with Crippen LogP contribution < -0.4 is 10.1 Å². The van der Waals surface area contributed by atoms with Gasteiger partial charge in [-0.05, 0) is 18.6 Å². The minimum atomic E-state index is -1.07. The second-order valence-electron chi connectivity index (χ2n) is 4.61. The first-order valence-corrected chi connectivity index (χ1v) is 6.77. The fourth-order valence-electron chi connectivity index (χ4n) is 2.09. The van der Waals surface area contributed by atoms with Gasteiger partial charge >= 0.3 is 6.09 Å². The third kappa shape index (κ3) is 5.07. The molecule has 1 saturated heterocycles. The van der Waals surface area contributed by atoms with Crippen molar-refractivity contribution in [3.63, 3.8) is 0 Å². The van der Waals surface area contributed by atoms with Crippen LogP contribution in [0.25, 0.3) is 0 Å². The quantitative estimate of drug-likeness (QED) is 0.778. The molecule has 1 aliphatic heterocycles. The Bertz CT molecular complexity index is 433. The Morgan fingerprint density at radius 3 is 2.95 bits per heavy atom. The average Bonchev–Trinajstić information content (AvgIpc) is 2.44. The van der Waals surface area contributed by atoms with Crippen molar-refractivity contribution < 1.29 is 19.4 Å². The summed E-state index contributed by atoms with van der Waals surface area (Å²) in [6, 6.07) is 6.96. The molecule has 2 rings (SSSR count). The zero-order chi connectivity index (χ0) is 14.2. The van der Waals surface area contributed by atoms with Crippen LogP contribution in [0.3, 0.4) is 0 Å². The number of ether oxygens (including phenoxy) is 2. The molecular weight excluding hydrogens is 260 g/mol. The Kier molecular flexibility index (Phi) is 5.64. The lowest BCUT2D eigenvalue weighted by Crippen LogP contribution is -2.37. The Morgan fingerprint density at radius 1 is 1.40 bits per heavy atom. The highest BCUT2D eigenvalue weighted by molar-refractivity contribution is 5.83. The fourth-order valence-corrected chi connectivity index (χ4v) is 2.09. The maximum Gasteiger partial charge on any atom is 0.409 e. The molecule has 6 heteroatoms. The molecule has 20 heavy (non-hydrogen) atoms. The lowest BCUT2D eigenvalue weighted by molar-refractivity contribution is 0.0358. The minimum absolute atomic E-state index is 0.517. The van der Waals surface area contributed by atoms with Crippen molar-refractivity contribution in [3.05, 3.63) is 24.3 Å². The highest BCUT2D eigenvalue weighted by atomic mass is 16.5. The number of nitrogens with zero attached hydrogens (tertiary/aromatic N) is 1. The van der Waals surface area contributed by atoms with Crippen LogP contribution in [-0.2, 0) is 4.74 Å². The van der Waals surface area contributed by atoms with E-state index >= 15 is 0 Å². The lowest BCUT2D eigenvalue weighted by atomic mass is 10.3. The van der Waals surface area contributed by atoms with Gasteiger partial charge in [0.2, 0.25) is 0 Å². The Hall–Kier alpha value is -1.79. The summed E-state index contributed by atoms with van der Waals surface area (Å²) in [6.07, 6.45) is -0.134. The van der Waals surface area contributed by atoms with E-state index in [1.54, 1.807) is 18.2 Å². The molecule has 2 N–H and O–H groups in total. The molecule has 1 aromatic carbocycles. The molecule has 0 radical (unpaired) electrons. The maximum absolute atomic E-state index is 10.5. The number of morpholine rings is 1. The van der Waals surface area contributed by atoms with Crippen LogP contribution in [0.4, 0.5) is 10.5 Å². The molecule has 0 aromatic heterocycles. The summed E-state index contributed by atoms with van der Waals surface area (Å²) in [7, 11) is 0. The van der Waals surface area contributed by atoms with Gasteiger partial charge in [0.05, 0.1) is 19.8 Å². The van der Waals surface area contributed by atoms with Crippen molar-refractivity contribution in [1.82, 2.24) is 4.90 Å². The van der Waals surface area contributed by atoms with Gasteiger partial charge in [-0.3, -0.25) is 10.2 Å². The summed E-state index contributed by atoms with van der Waals surface area (Å²) in [4.78, 5) is 12.9. The summed E-state index contributed by atoms with van der Waals surface area (Å²) in [5.74, 6) is 0.679. The van der Waals surface area contributed by atoms with E-state index in [2.05, 4.69) is 10.2 Å². The Balaban J connectivity index is 1.69. The van der Waals surface area contributed by atoms with Gasteiger partial charge < -0.3 is 14.6 Å². The molecule has 0 unspecified atom stereocenters. The molecule has 6 nitrogen and oxygen atoms in total. The number of carboxylic acid groups (broad SMARTS) is 1. The number of carbonyl (C=O) groups is 1. The molecule has 110 valence electrons. The summed E-state index contributed by atoms with van der Waals surface area (Å²) in [5.41, 5.74) is 0.517. The van der Waals surface area contributed by atoms with Crippen LogP contribution >= 0.6 is 0 Å². The number of amides is 1. The largest absolute Gasteiger partial charge is 0.493 e. The van der Waals surface area contributed by atoms with Crippen LogP contribution in [-0.4, -0.2) is 55.6 Å². The van der Waals surface area contributed by atoms with Gasteiger partial charge in [0.15, 0.2) is 0 Å². The van der Waals surface area contributed by atoms with Gasteiger partial charge in [-0.2, -0.15) is 0 Å². The third-order valence-electron chi connectivity index (χ3n) is 3.08. The number of anilines is 1. The van der Waals surface area contributed by atoms with E-state index in [0.29, 0.717) is 18.0 Å². The van der Waals surface area contributed by atoms with Crippen LogP contribution in [0, 0.1) is 0 Å². The maximum atomic E-state index is 10.5. The molecule has 0 bridgehead atoms. The number of nitrogens with one attached hydrogen (secondary N) is 1. The van der Waals surface area contributed by atoms with Crippen molar-refractivity contribution in [3.8, 4) is 5.75 Å². The first kappa shape index (κ1) is 14.6. The third-order valence-corrected chi connectivity index (χ3v) is 3.08. The lowest BCUT2D eigenvalue weighted by Gasteiger charge is -2.26. The SMILES string of the molecule is O=C(O)Nc1cccc(OCCCN2CCOCC2)c1. The zero-order valence-electron chi connectivity index (χ0n) is 11.4. The number of hydrogen-bond donors (Lipinski definition) is 2. The monoisotopic (exact) mass is 280 g/mol. The summed E-state index contributed by atoms with van der Waals surface area (Å²) >= 11 is 0. The van der Waals surface area contributed by atoms with Gasteiger partial charge in [0, 0.05) is 31.4 Å². The van der Waals surface area contributed by atoms with Gasteiger partial charge in [-0.1, -0.05) is 6.07 Å². The first-order chi connectivity index (χ1) is 9.74.